The van der Waals surface area contributed by atoms with Gasteiger partial charge in [0.2, 0.25) is 0 Å². The highest BCUT2D eigenvalue weighted by atomic mass is 127. The van der Waals surface area contributed by atoms with Crippen LogP contribution < -0.4 is 0 Å². The van der Waals surface area contributed by atoms with Gasteiger partial charge < -0.3 is 5.11 Å². The minimum absolute atomic E-state index is 0.414. The second kappa shape index (κ2) is 6.65. The first-order chi connectivity index (χ1) is 9.47. The summed E-state index contributed by atoms with van der Waals surface area (Å²) in [7, 11) is 0. The summed E-state index contributed by atoms with van der Waals surface area (Å²) < 4.78 is 1.11. The number of halogens is 2. The molecule has 0 radical (unpaired) electrons. The number of rotatable bonds is 4. The van der Waals surface area contributed by atoms with Gasteiger partial charge in [-0.3, -0.25) is 0 Å². The van der Waals surface area contributed by atoms with Crippen molar-refractivity contribution < 1.29 is 5.11 Å². The Bertz CT molecular complexity index is 594. The Morgan fingerprint density at radius 1 is 1.10 bits per heavy atom. The summed E-state index contributed by atoms with van der Waals surface area (Å²) in [5.74, 6) is 0. The van der Waals surface area contributed by atoms with E-state index in [0.29, 0.717) is 11.6 Å². The van der Waals surface area contributed by atoms with Crippen LogP contribution in [-0.2, 0) is 12.3 Å². The Morgan fingerprint density at radius 2 is 1.70 bits per heavy atom. The van der Waals surface area contributed by atoms with E-state index in [9.17, 15) is 5.11 Å². The fourth-order valence-corrected chi connectivity index (χ4v) is 2.15. The molecule has 0 amide bonds. The van der Waals surface area contributed by atoms with Crippen molar-refractivity contribution in [2.45, 2.75) is 19.2 Å². The first-order valence-electron chi connectivity index (χ1n) is 6.09. The minimum Gasteiger partial charge on any atom is -0.364 e. The van der Waals surface area contributed by atoms with Gasteiger partial charge in [-0.15, -0.1) is 0 Å². The average molecular weight is 401 g/mol. The third-order valence-corrected chi connectivity index (χ3v) is 3.79. The van der Waals surface area contributed by atoms with Gasteiger partial charge in [-0.1, -0.05) is 35.9 Å². The fraction of sp³-hybridized carbons (Fsp3) is 0.200. The van der Waals surface area contributed by atoms with E-state index in [0.717, 1.165) is 14.7 Å². The molecule has 0 saturated carbocycles. The van der Waals surface area contributed by atoms with Crippen LogP contribution in [0.1, 0.15) is 18.1 Å². The zero-order valence-corrected chi connectivity index (χ0v) is 13.8. The molecular formula is C15H14ClIN2O. The van der Waals surface area contributed by atoms with Crippen molar-refractivity contribution in [3.05, 3.63) is 68.3 Å². The second-order valence-corrected chi connectivity index (χ2v) is 6.24. The van der Waals surface area contributed by atoms with Crippen LogP contribution in [0.5, 0.6) is 0 Å². The zero-order chi connectivity index (χ0) is 14.6. The fourth-order valence-electron chi connectivity index (χ4n) is 1.67. The predicted molar refractivity (Wildman–Crippen MR) is 88.7 cm³/mol. The largest absolute Gasteiger partial charge is 0.364 e. The molecule has 20 heavy (non-hydrogen) atoms. The van der Waals surface area contributed by atoms with E-state index in [2.05, 4.69) is 32.8 Å². The Hall–Kier alpha value is -0.980. The first kappa shape index (κ1) is 15.4. The number of benzene rings is 2. The monoisotopic (exact) mass is 400 g/mol. The van der Waals surface area contributed by atoms with Gasteiger partial charge in [0.1, 0.15) is 0 Å². The topological polar surface area (TPSA) is 45.0 Å². The molecule has 2 aromatic rings. The summed E-state index contributed by atoms with van der Waals surface area (Å²) in [6.07, 6.45) is 0. The molecule has 0 aliphatic carbocycles. The lowest BCUT2D eigenvalue weighted by molar-refractivity contribution is 0.0581. The van der Waals surface area contributed by atoms with E-state index < -0.39 is 5.72 Å². The molecule has 1 unspecified atom stereocenters. The van der Waals surface area contributed by atoms with Crippen LogP contribution in [0.2, 0.25) is 5.02 Å². The zero-order valence-electron chi connectivity index (χ0n) is 10.9. The molecule has 0 spiro atoms. The van der Waals surface area contributed by atoms with Crippen LogP contribution in [0.25, 0.3) is 0 Å². The van der Waals surface area contributed by atoms with Gasteiger partial charge in [0, 0.05) is 14.2 Å². The highest BCUT2D eigenvalue weighted by molar-refractivity contribution is 14.1. The van der Waals surface area contributed by atoms with Gasteiger partial charge in [0.05, 0.1) is 6.54 Å². The SMILES string of the molecule is CC(O)(/N=N/Cc1ccc(Cl)cc1)c1ccc(I)cc1. The van der Waals surface area contributed by atoms with Crippen molar-refractivity contribution in [1.82, 2.24) is 0 Å². The van der Waals surface area contributed by atoms with Gasteiger partial charge in [-0.25, -0.2) is 0 Å². The van der Waals surface area contributed by atoms with Gasteiger partial charge in [-0.05, 0) is 59.3 Å². The van der Waals surface area contributed by atoms with E-state index >= 15 is 0 Å². The standard InChI is InChI=1S/C15H14ClIN2O/c1-15(20,12-4-8-14(17)9-5-12)19-18-10-11-2-6-13(16)7-3-11/h2-9,20H,10H2,1H3/b19-18+. The van der Waals surface area contributed by atoms with Gasteiger partial charge in [0.15, 0.2) is 5.72 Å². The van der Waals surface area contributed by atoms with Crippen LogP contribution in [0.4, 0.5) is 0 Å². The normalized spacial score (nSPS) is 14.4. The summed E-state index contributed by atoms with van der Waals surface area (Å²) in [6.45, 7) is 2.04. The third kappa shape index (κ3) is 4.26. The van der Waals surface area contributed by atoms with E-state index in [1.54, 1.807) is 6.92 Å². The number of azo groups is 1. The third-order valence-electron chi connectivity index (χ3n) is 2.82. The van der Waals surface area contributed by atoms with E-state index in [1.165, 1.54) is 0 Å². The highest BCUT2D eigenvalue weighted by Gasteiger charge is 2.21. The van der Waals surface area contributed by atoms with E-state index in [4.69, 9.17) is 11.6 Å². The summed E-state index contributed by atoms with van der Waals surface area (Å²) in [5, 5.41) is 19.1. The van der Waals surface area contributed by atoms with Crippen molar-refractivity contribution in [2.75, 3.05) is 0 Å². The molecule has 0 aromatic heterocycles. The molecule has 0 aliphatic heterocycles. The molecule has 0 aliphatic rings. The molecule has 0 bridgehead atoms. The maximum Gasteiger partial charge on any atom is 0.199 e. The molecule has 104 valence electrons. The smallest absolute Gasteiger partial charge is 0.199 e. The van der Waals surface area contributed by atoms with Gasteiger partial charge in [0.25, 0.3) is 0 Å². The molecule has 2 rings (SSSR count). The minimum atomic E-state index is -1.31. The van der Waals surface area contributed by atoms with Crippen molar-refractivity contribution in [3.8, 4) is 0 Å². The van der Waals surface area contributed by atoms with E-state index in [-0.39, 0.29) is 0 Å². The molecular weight excluding hydrogens is 387 g/mol. The molecule has 0 saturated heterocycles. The van der Waals surface area contributed by atoms with Gasteiger partial charge in [-0.2, -0.15) is 10.2 Å². The van der Waals surface area contributed by atoms with Crippen molar-refractivity contribution in [3.63, 3.8) is 0 Å². The van der Waals surface area contributed by atoms with Crippen molar-refractivity contribution in [2.24, 2.45) is 10.2 Å². The summed E-state index contributed by atoms with van der Waals surface area (Å²) in [6, 6.07) is 15.0. The number of aliphatic hydroxyl groups is 1. The quantitative estimate of drug-likeness (QED) is 0.583. The second-order valence-electron chi connectivity index (χ2n) is 4.55. The molecule has 5 heteroatoms. The Balaban J connectivity index is 2.05. The Morgan fingerprint density at radius 3 is 2.30 bits per heavy atom. The van der Waals surface area contributed by atoms with Crippen LogP contribution in [-0.4, -0.2) is 5.11 Å². The molecule has 3 nitrogen and oxygen atoms in total. The molecule has 0 heterocycles. The maximum atomic E-state index is 10.3. The summed E-state index contributed by atoms with van der Waals surface area (Å²) in [5.41, 5.74) is 0.408. The van der Waals surface area contributed by atoms with Crippen molar-refractivity contribution in [1.29, 1.82) is 0 Å². The first-order valence-corrected chi connectivity index (χ1v) is 7.54. The van der Waals surface area contributed by atoms with Crippen LogP contribution in [0, 0.1) is 3.57 Å². The average Bonchev–Trinajstić information content (AvgIpc) is 2.41. The summed E-state index contributed by atoms with van der Waals surface area (Å²) >= 11 is 8.03. The van der Waals surface area contributed by atoms with E-state index in [1.807, 2.05) is 48.5 Å². The predicted octanol–water partition coefficient (Wildman–Crippen LogP) is 4.76. The number of hydrogen-bond acceptors (Lipinski definition) is 3. The van der Waals surface area contributed by atoms with Crippen LogP contribution in [0.3, 0.4) is 0 Å². The Kier molecular flexibility index (Phi) is 5.12. The maximum absolute atomic E-state index is 10.3. The summed E-state index contributed by atoms with van der Waals surface area (Å²) in [4.78, 5) is 0. The lowest BCUT2D eigenvalue weighted by Gasteiger charge is -2.17. The highest BCUT2D eigenvalue weighted by Crippen LogP contribution is 2.23. The van der Waals surface area contributed by atoms with Crippen molar-refractivity contribution >= 4 is 34.2 Å². The van der Waals surface area contributed by atoms with Crippen LogP contribution in [0.15, 0.2) is 58.8 Å². The lowest BCUT2D eigenvalue weighted by atomic mass is 10.1. The molecule has 2 aromatic carbocycles. The Labute approximate surface area is 136 Å². The molecule has 1 N–H and O–H groups in total. The van der Waals surface area contributed by atoms with Gasteiger partial charge >= 0.3 is 0 Å². The number of hydrogen-bond donors (Lipinski definition) is 1. The van der Waals surface area contributed by atoms with Crippen LogP contribution >= 0.6 is 34.2 Å². The molecule has 1 atom stereocenters. The molecule has 0 fully saturated rings. The lowest BCUT2D eigenvalue weighted by Crippen LogP contribution is -2.17. The number of nitrogens with zero attached hydrogens (tertiary/aromatic N) is 2.